The number of hydrogen-bond acceptors (Lipinski definition) is 6. The minimum atomic E-state index is -0.315. The van der Waals surface area contributed by atoms with Crippen LogP contribution in [-0.4, -0.2) is 62.4 Å². The van der Waals surface area contributed by atoms with E-state index in [1.54, 1.807) is 17.0 Å². The summed E-state index contributed by atoms with van der Waals surface area (Å²) in [5.41, 5.74) is 2.17. The second kappa shape index (κ2) is 8.00. The second-order valence-electron chi connectivity index (χ2n) is 6.88. The lowest BCUT2D eigenvalue weighted by Gasteiger charge is -2.26. The minimum Gasteiger partial charge on any atom is -0.378 e. The van der Waals surface area contributed by atoms with Crippen molar-refractivity contribution < 1.29 is 13.9 Å². The molecular formula is C21H18FN5O2S. The predicted molar refractivity (Wildman–Crippen MR) is 112 cm³/mol. The van der Waals surface area contributed by atoms with Crippen LogP contribution < -0.4 is 0 Å². The third-order valence-electron chi connectivity index (χ3n) is 5.01. The highest BCUT2D eigenvalue weighted by Crippen LogP contribution is 2.29. The summed E-state index contributed by atoms with van der Waals surface area (Å²) >= 11 is 1.32. The summed E-state index contributed by atoms with van der Waals surface area (Å²) in [4.78, 5) is 19.2. The van der Waals surface area contributed by atoms with Crippen LogP contribution in [-0.2, 0) is 9.53 Å². The van der Waals surface area contributed by atoms with Crippen molar-refractivity contribution in [2.75, 3.05) is 32.1 Å². The molecule has 3 heterocycles. The molecule has 1 aliphatic rings. The molecule has 0 radical (unpaired) electrons. The molecule has 0 aliphatic carbocycles. The number of aromatic nitrogens is 4. The molecule has 7 nitrogen and oxygen atoms in total. The van der Waals surface area contributed by atoms with Crippen LogP contribution in [0.5, 0.6) is 0 Å². The first-order valence-corrected chi connectivity index (χ1v) is 10.6. The van der Waals surface area contributed by atoms with Crippen molar-refractivity contribution in [3.63, 3.8) is 0 Å². The number of morpholine rings is 1. The summed E-state index contributed by atoms with van der Waals surface area (Å²) in [6.45, 7) is 2.34. The smallest absolute Gasteiger partial charge is 0.233 e. The topological polar surface area (TPSA) is 72.6 Å². The molecule has 0 saturated carbocycles. The van der Waals surface area contributed by atoms with Crippen molar-refractivity contribution in [3.05, 3.63) is 54.3 Å². The summed E-state index contributed by atoms with van der Waals surface area (Å²) in [5.74, 6) is 0.577. The molecule has 0 unspecified atom stereocenters. The standard InChI is InChI=1S/C21H18FN5O2S/c22-15-7-5-14(6-8-15)19-23-17-4-2-1-3-16(17)20-24-25-21(27(19)20)30-13-18(28)26-9-11-29-12-10-26/h1-8H,9-13H2. The van der Waals surface area contributed by atoms with Gasteiger partial charge in [-0.15, -0.1) is 10.2 Å². The van der Waals surface area contributed by atoms with E-state index in [1.807, 2.05) is 28.7 Å². The number of rotatable bonds is 4. The van der Waals surface area contributed by atoms with E-state index in [0.29, 0.717) is 42.9 Å². The zero-order valence-electron chi connectivity index (χ0n) is 16.0. The Morgan fingerprint density at radius 2 is 1.83 bits per heavy atom. The van der Waals surface area contributed by atoms with Crippen molar-refractivity contribution in [3.8, 4) is 11.4 Å². The fraction of sp³-hybridized carbons (Fsp3) is 0.238. The first-order chi connectivity index (χ1) is 14.7. The molecule has 1 amide bonds. The number of halogens is 1. The maximum absolute atomic E-state index is 13.5. The molecule has 0 N–H and O–H groups in total. The van der Waals surface area contributed by atoms with Crippen LogP contribution in [0.4, 0.5) is 4.39 Å². The predicted octanol–water partition coefficient (Wildman–Crippen LogP) is 3.03. The van der Waals surface area contributed by atoms with Gasteiger partial charge in [-0.05, 0) is 36.4 Å². The van der Waals surface area contributed by atoms with Gasteiger partial charge >= 0.3 is 0 Å². The Morgan fingerprint density at radius 1 is 1.07 bits per heavy atom. The Labute approximate surface area is 175 Å². The van der Waals surface area contributed by atoms with Gasteiger partial charge in [-0.1, -0.05) is 23.9 Å². The van der Waals surface area contributed by atoms with E-state index in [9.17, 15) is 9.18 Å². The average Bonchev–Trinajstić information content (AvgIpc) is 3.22. The monoisotopic (exact) mass is 423 g/mol. The number of para-hydroxylation sites is 1. The number of nitrogens with zero attached hydrogens (tertiary/aromatic N) is 5. The van der Waals surface area contributed by atoms with E-state index in [2.05, 4.69) is 10.2 Å². The van der Waals surface area contributed by atoms with Crippen molar-refractivity contribution >= 4 is 34.2 Å². The third-order valence-corrected chi connectivity index (χ3v) is 5.92. The molecule has 1 saturated heterocycles. The molecule has 2 aromatic carbocycles. The number of hydrogen-bond donors (Lipinski definition) is 0. The van der Waals surface area contributed by atoms with Gasteiger partial charge in [0.25, 0.3) is 0 Å². The molecule has 5 rings (SSSR count). The minimum absolute atomic E-state index is 0.0390. The molecule has 0 bridgehead atoms. The first kappa shape index (κ1) is 19.0. The number of ether oxygens (including phenoxy) is 1. The number of benzene rings is 2. The third kappa shape index (κ3) is 3.50. The highest BCUT2D eigenvalue weighted by Gasteiger charge is 2.20. The first-order valence-electron chi connectivity index (χ1n) is 9.59. The summed E-state index contributed by atoms with van der Waals surface area (Å²) in [6, 6.07) is 13.8. The Kier molecular flexibility index (Phi) is 5.06. The van der Waals surface area contributed by atoms with Crippen LogP contribution in [0.1, 0.15) is 0 Å². The van der Waals surface area contributed by atoms with Crippen LogP contribution in [0.2, 0.25) is 0 Å². The maximum atomic E-state index is 13.5. The Morgan fingerprint density at radius 3 is 2.63 bits per heavy atom. The number of amides is 1. The Balaban J connectivity index is 1.56. The lowest BCUT2D eigenvalue weighted by atomic mass is 10.2. The zero-order valence-corrected chi connectivity index (χ0v) is 16.8. The van der Waals surface area contributed by atoms with Gasteiger partial charge in [-0.2, -0.15) is 0 Å². The Hall–Kier alpha value is -3.04. The lowest BCUT2D eigenvalue weighted by molar-refractivity contribution is -0.132. The summed E-state index contributed by atoms with van der Waals surface area (Å²) in [7, 11) is 0. The fourth-order valence-electron chi connectivity index (χ4n) is 3.48. The Bertz CT molecular complexity index is 1220. The highest BCUT2D eigenvalue weighted by molar-refractivity contribution is 7.99. The normalized spacial score (nSPS) is 14.5. The van der Waals surface area contributed by atoms with E-state index in [-0.39, 0.29) is 17.5 Å². The van der Waals surface area contributed by atoms with E-state index >= 15 is 0 Å². The van der Waals surface area contributed by atoms with Crippen LogP contribution in [0, 0.1) is 5.82 Å². The number of thioether (sulfide) groups is 1. The van der Waals surface area contributed by atoms with Gasteiger partial charge in [-0.3, -0.25) is 9.20 Å². The van der Waals surface area contributed by atoms with Gasteiger partial charge in [-0.25, -0.2) is 9.37 Å². The maximum Gasteiger partial charge on any atom is 0.233 e. The molecule has 0 atom stereocenters. The van der Waals surface area contributed by atoms with Crippen LogP contribution in [0.25, 0.3) is 27.9 Å². The van der Waals surface area contributed by atoms with Crippen molar-refractivity contribution in [1.29, 1.82) is 0 Å². The molecule has 2 aromatic heterocycles. The van der Waals surface area contributed by atoms with E-state index in [0.717, 1.165) is 16.5 Å². The largest absolute Gasteiger partial charge is 0.378 e. The summed E-state index contributed by atoms with van der Waals surface area (Å²) in [6.07, 6.45) is 0. The number of carbonyl (C=O) groups excluding carboxylic acids is 1. The van der Waals surface area contributed by atoms with E-state index in [4.69, 9.17) is 9.72 Å². The van der Waals surface area contributed by atoms with Gasteiger partial charge in [0.05, 0.1) is 24.5 Å². The number of carbonyl (C=O) groups is 1. The number of fused-ring (bicyclic) bond motifs is 3. The van der Waals surface area contributed by atoms with Crippen LogP contribution in [0.15, 0.2) is 53.7 Å². The molecule has 1 aliphatic heterocycles. The average molecular weight is 423 g/mol. The lowest BCUT2D eigenvalue weighted by Crippen LogP contribution is -2.41. The van der Waals surface area contributed by atoms with Crippen LogP contribution in [0.3, 0.4) is 0 Å². The molecule has 9 heteroatoms. The van der Waals surface area contributed by atoms with Gasteiger partial charge in [0, 0.05) is 24.0 Å². The van der Waals surface area contributed by atoms with Gasteiger partial charge in [0.2, 0.25) is 5.91 Å². The fourth-order valence-corrected chi connectivity index (χ4v) is 4.31. The van der Waals surface area contributed by atoms with Gasteiger partial charge in [0.1, 0.15) is 11.6 Å². The summed E-state index contributed by atoms with van der Waals surface area (Å²) in [5, 5.41) is 10.1. The van der Waals surface area contributed by atoms with Crippen molar-refractivity contribution in [1.82, 2.24) is 24.5 Å². The molecule has 30 heavy (non-hydrogen) atoms. The SMILES string of the molecule is O=C(CSc1nnc2c3ccccc3nc(-c3ccc(F)cc3)n12)N1CCOCC1. The van der Waals surface area contributed by atoms with E-state index in [1.165, 1.54) is 23.9 Å². The van der Waals surface area contributed by atoms with Gasteiger partial charge < -0.3 is 9.64 Å². The zero-order chi connectivity index (χ0) is 20.5. The van der Waals surface area contributed by atoms with Crippen molar-refractivity contribution in [2.45, 2.75) is 5.16 Å². The van der Waals surface area contributed by atoms with E-state index < -0.39 is 0 Å². The van der Waals surface area contributed by atoms with Crippen LogP contribution >= 0.6 is 11.8 Å². The van der Waals surface area contributed by atoms with Gasteiger partial charge in [0.15, 0.2) is 10.8 Å². The quantitative estimate of drug-likeness (QED) is 0.470. The molecule has 0 spiro atoms. The summed E-state index contributed by atoms with van der Waals surface area (Å²) < 4.78 is 20.6. The molecule has 4 aromatic rings. The molecule has 1 fully saturated rings. The second-order valence-corrected chi connectivity index (χ2v) is 7.83. The molecule has 152 valence electrons. The highest BCUT2D eigenvalue weighted by atomic mass is 32.2. The molecular weight excluding hydrogens is 405 g/mol. The van der Waals surface area contributed by atoms with Crippen molar-refractivity contribution in [2.24, 2.45) is 0 Å².